The van der Waals surface area contributed by atoms with E-state index in [1.165, 1.54) is 0 Å². The predicted octanol–water partition coefficient (Wildman–Crippen LogP) is 4.01. The minimum atomic E-state index is -0.289. The maximum atomic E-state index is 6.35. The first kappa shape index (κ1) is 13.9. The molecule has 2 rings (SSSR count). The van der Waals surface area contributed by atoms with Gasteiger partial charge in [-0.2, -0.15) is 0 Å². The van der Waals surface area contributed by atoms with Crippen molar-refractivity contribution in [3.8, 4) is 5.75 Å². The summed E-state index contributed by atoms with van der Waals surface area (Å²) in [6.45, 7) is 4.04. The van der Waals surface area contributed by atoms with Gasteiger partial charge in [0.05, 0.1) is 13.2 Å². The van der Waals surface area contributed by atoms with E-state index in [2.05, 4.69) is 0 Å². The molecule has 0 aliphatic carbocycles. The van der Waals surface area contributed by atoms with Crippen LogP contribution in [0.1, 0.15) is 28.3 Å². The van der Waals surface area contributed by atoms with Gasteiger partial charge < -0.3 is 10.5 Å². The highest BCUT2D eigenvalue weighted by molar-refractivity contribution is 6.31. The second-order valence-corrected chi connectivity index (χ2v) is 5.16. The van der Waals surface area contributed by atoms with Crippen molar-refractivity contribution in [1.29, 1.82) is 0 Å². The van der Waals surface area contributed by atoms with Crippen LogP contribution in [-0.2, 0) is 0 Å². The number of nitrogens with two attached hydrogens (primary N) is 1. The SMILES string of the molecule is COc1ccc(C)cc1C(N)c1ccc(C)cc1Cl. The van der Waals surface area contributed by atoms with Crippen LogP contribution in [0.5, 0.6) is 5.75 Å². The molecule has 2 aromatic rings. The molecular formula is C16H18ClNO. The smallest absolute Gasteiger partial charge is 0.123 e. The highest BCUT2D eigenvalue weighted by atomic mass is 35.5. The fourth-order valence-corrected chi connectivity index (χ4v) is 2.50. The fraction of sp³-hybridized carbons (Fsp3) is 0.250. The highest BCUT2D eigenvalue weighted by Gasteiger charge is 2.16. The Balaban J connectivity index is 2.49. The predicted molar refractivity (Wildman–Crippen MR) is 80.0 cm³/mol. The lowest BCUT2D eigenvalue weighted by molar-refractivity contribution is 0.407. The lowest BCUT2D eigenvalue weighted by Crippen LogP contribution is -2.14. The molecule has 0 bridgehead atoms. The Labute approximate surface area is 119 Å². The fourth-order valence-electron chi connectivity index (χ4n) is 2.15. The lowest BCUT2D eigenvalue weighted by Gasteiger charge is -2.18. The second kappa shape index (κ2) is 5.64. The first-order chi connectivity index (χ1) is 9.02. The molecule has 0 radical (unpaired) electrons. The van der Waals surface area contributed by atoms with Crippen molar-refractivity contribution >= 4 is 11.6 Å². The average Bonchev–Trinajstić information content (AvgIpc) is 2.38. The number of halogens is 1. The van der Waals surface area contributed by atoms with Crippen LogP contribution in [0.4, 0.5) is 0 Å². The Bertz CT molecular complexity index is 595. The van der Waals surface area contributed by atoms with Gasteiger partial charge in [-0.1, -0.05) is 41.4 Å². The maximum absolute atomic E-state index is 6.35. The van der Waals surface area contributed by atoms with Crippen LogP contribution in [0.3, 0.4) is 0 Å². The summed E-state index contributed by atoms with van der Waals surface area (Å²) in [7, 11) is 1.65. The van der Waals surface area contributed by atoms with E-state index in [4.69, 9.17) is 22.1 Å². The zero-order valence-electron chi connectivity index (χ0n) is 11.4. The number of rotatable bonds is 3. The minimum absolute atomic E-state index is 0.289. The van der Waals surface area contributed by atoms with Crippen molar-refractivity contribution < 1.29 is 4.74 Å². The van der Waals surface area contributed by atoms with E-state index >= 15 is 0 Å². The zero-order valence-corrected chi connectivity index (χ0v) is 12.2. The van der Waals surface area contributed by atoms with E-state index in [1.54, 1.807) is 7.11 Å². The molecule has 0 saturated carbocycles. The van der Waals surface area contributed by atoms with E-state index in [1.807, 2.05) is 50.2 Å². The highest BCUT2D eigenvalue weighted by Crippen LogP contribution is 2.32. The monoisotopic (exact) mass is 275 g/mol. The topological polar surface area (TPSA) is 35.2 Å². The van der Waals surface area contributed by atoms with Gasteiger partial charge in [0, 0.05) is 10.6 Å². The molecule has 3 heteroatoms. The van der Waals surface area contributed by atoms with Gasteiger partial charge in [0.1, 0.15) is 5.75 Å². The van der Waals surface area contributed by atoms with Crippen molar-refractivity contribution in [3.63, 3.8) is 0 Å². The summed E-state index contributed by atoms with van der Waals surface area (Å²) in [6, 6.07) is 11.6. The summed E-state index contributed by atoms with van der Waals surface area (Å²) in [5.41, 5.74) is 10.5. The van der Waals surface area contributed by atoms with Crippen LogP contribution in [0, 0.1) is 13.8 Å². The molecular weight excluding hydrogens is 258 g/mol. The Kier molecular flexibility index (Phi) is 4.13. The molecule has 0 spiro atoms. The Hall–Kier alpha value is -1.51. The van der Waals surface area contributed by atoms with Crippen molar-refractivity contribution in [2.75, 3.05) is 7.11 Å². The lowest BCUT2D eigenvalue weighted by atomic mass is 9.96. The van der Waals surface area contributed by atoms with Gasteiger partial charge >= 0.3 is 0 Å². The summed E-state index contributed by atoms with van der Waals surface area (Å²) in [6.07, 6.45) is 0. The van der Waals surface area contributed by atoms with Gasteiger partial charge in [-0.3, -0.25) is 0 Å². The van der Waals surface area contributed by atoms with Crippen LogP contribution in [0.25, 0.3) is 0 Å². The summed E-state index contributed by atoms with van der Waals surface area (Å²) >= 11 is 6.29. The Morgan fingerprint density at radius 1 is 1.00 bits per heavy atom. The largest absolute Gasteiger partial charge is 0.496 e. The number of aryl methyl sites for hydroxylation is 2. The third-order valence-corrected chi connectivity index (χ3v) is 3.54. The van der Waals surface area contributed by atoms with Crippen molar-refractivity contribution in [1.82, 2.24) is 0 Å². The van der Waals surface area contributed by atoms with E-state index in [-0.39, 0.29) is 6.04 Å². The van der Waals surface area contributed by atoms with Gasteiger partial charge in [0.2, 0.25) is 0 Å². The number of methoxy groups -OCH3 is 1. The van der Waals surface area contributed by atoms with Crippen LogP contribution >= 0.6 is 11.6 Å². The number of ether oxygens (including phenoxy) is 1. The van der Waals surface area contributed by atoms with Crippen LogP contribution in [-0.4, -0.2) is 7.11 Å². The van der Waals surface area contributed by atoms with Crippen molar-refractivity contribution in [2.24, 2.45) is 5.73 Å². The molecule has 2 aromatic carbocycles. The van der Waals surface area contributed by atoms with Gasteiger partial charge in [-0.25, -0.2) is 0 Å². The van der Waals surface area contributed by atoms with Crippen LogP contribution < -0.4 is 10.5 Å². The van der Waals surface area contributed by atoms with Crippen molar-refractivity contribution in [2.45, 2.75) is 19.9 Å². The average molecular weight is 276 g/mol. The molecule has 0 saturated heterocycles. The van der Waals surface area contributed by atoms with Crippen molar-refractivity contribution in [3.05, 3.63) is 63.7 Å². The summed E-state index contributed by atoms with van der Waals surface area (Å²) in [5.74, 6) is 0.787. The van der Waals surface area contributed by atoms with E-state index in [0.29, 0.717) is 5.02 Å². The third-order valence-electron chi connectivity index (χ3n) is 3.21. The molecule has 1 unspecified atom stereocenters. The quantitative estimate of drug-likeness (QED) is 0.918. The second-order valence-electron chi connectivity index (χ2n) is 4.75. The normalized spacial score (nSPS) is 12.3. The molecule has 0 amide bonds. The van der Waals surface area contributed by atoms with Gasteiger partial charge in [-0.15, -0.1) is 0 Å². The standard InChI is InChI=1S/C16H18ClNO/c1-10-5-7-15(19-3)13(8-10)16(18)12-6-4-11(2)9-14(12)17/h4-9,16H,18H2,1-3H3. The molecule has 0 fully saturated rings. The van der Waals surface area contributed by atoms with E-state index in [0.717, 1.165) is 28.0 Å². The Morgan fingerprint density at radius 3 is 2.26 bits per heavy atom. The van der Waals surface area contributed by atoms with E-state index in [9.17, 15) is 0 Å². The molecule has 2 nitrogen and oxygen atoms in total. The summed E-state index contributed by atoms with van der Waals surface area (Å²) in [5, 5.41) is 0.691. The molecule has 2 N–H and O–H groups in total. The molecule has 100 valence electrons. The molecule has 0 aliphatic rings. The molecule has 0 aromatic heterocycles. The number of benzene rings is 2. The number of hydrogen-bond donors (Lipinski definition) is 1. The number of hydrogen-bond acceptors (Lipinski definition) is 2. The first-order valence-corrected chi connectivity index (χ1v) is 6.57. The van der Waals surface area contributed by atoms with Gasteiger partial charge in [0.25, 0.3) is 0 Å². The molecule has 1 atom stereocenters. The van der Waals surface area contributed by atoms with Crippen LogP contribution in [0.2, 0.25) is 5.02 Å². The zero-order chi connectivity index (χ0) is 14.0. The summed E-state index contributed by atoms with van der Waals surface area (Å²) < 4.78 is 5.38. The van der Waals surface area contributed by atoms with Crippen LogP contribution in [0.15, 0.2) is 36.4 Å². The van der Waals surface area contributed by atoms with Gasteiger partial charge in [0.15, 0.2) is 0 Å². The Morgan fingerprint density at radius 2 is 1.63 bits per heavy atom. The minimum Gasteiger partial charge on any atom is -0.496 e. The van der Waals surface area contributed by atoms with E-state index < -0.39 is 0 Å². The van der Waals surface area contributed by atoms with Gasteiger partial charge in [-0.05, 0) is 37.1 Å². The molecule has 19 heavy (non-hydrogen) atoms. The maximum Gasteiger partial charge on any atom is 0.123 e. The molecule has 0 heterocycles. The first-order valence-electron chi connectivity index (χ1n) is 6.19. The molecule has 0 aliphatic heterocycles. The summed E-state index contributed by atoms with van der Waals surface area (Å²) in [4.78, 5) is 0. The third kappa shape index (κ3) is 2.91.